The van der Waals surface area contributed by atoms with E-state index in [-0.39, 0.29) is 11.5 Å². The van der Waals surface area contributed by atoms with E-state index in [1.807, 2.05) is 12.1 Å². The van der Waals surface area contributed by atoms with Crippen molar-refractivity contribution in [2.75, 3.05) is 0 Å². The Balaban J connectivity index is 2.44. The number of nitrogens with zero attached hydrogens (tertiary/aromatic N) is 1. The minimum Gasteiger partial charge on any atom is -0.367 e. The van der Waals surface area contributed by atoms with Crippen molar-refractivity contribution in [3.8, 4) is 0 Å². The van der Waals surface area contributed by atoms with Crippen LogP contribution in [0.5, 0.6) is 0 Å². The average Bonchev–Trinajstić information content (AvgIpc) is 2.44. The van der Waals surface area contributed by atoms with Crippen LogP contribution in [0, 0.1) is 5.41 Å². The van der Waals surface area contributed by atoms with Gasteiger partial charge in [-0.15, -0.1) is 0 Å². The minimum absolute atomic E-state index is 0.00109. The molecule has 1 aliphatic rings. The first kappa shape index (κ1) is 7.51. The van der Waals surface area contributed by atoms with Gasteiger partial charge in [0.05, 0.1) is 13.6 Å². The van der Waals surface area contributed by atoms with Gasteiger partial charge in [-0.05, 0) is 11.5 Å². The van der Waals surface area contributed by atoms with E-state index in [0.29, 0.717) is 0 Å². The first-order chi connectivity index (χ1) is 6.50. The van der Waals surface area contributed by atoms with Gasteiger partial charge in [0.1, 0.15) is 6.10 Å². The van der Waals surface area contributed by atoms with Crippen LogP contribution in [0.2, 0.25) is 0 Å². The van der Waals surface area contributed by atoms with E-state index in [2.05, 4.69) is 25.8 Å². The molecular weight excluding hydrogens is 162 g/mol. The van der Waals surface area contributed by atoms with E-state index < -0.39 is 6.58 Å². The molecule has 2 nitrogen and oxygen atoms in total. The Kier molecular flexibility index (Phi) is 1.62. The Bertz CT molecular complexity index is 345. The van der Waals surface area contributed by atoms with Crippen molar-refractivity contribution in [1.82, 2.24) is 4.98 Å². The summed E-state index contributed by atoms with van der Waals surface area (Å²) in [5.41, 5.74) is 1.84. The monoisotopic (exact) mass is 178 g/mol. The molecule has 1 aliphatic heterocycles. The highest BCUT2D eigenvalue weighted by Gasteiger charge is 2.34. The van der Waals surface area contributed by atoms with Gasteiger partial charge in [0.15, 0.2) is 0 Å². The van der Waals surface area contributed by atoms with Crippen molar-refractivity contribution in [3.05, 3.63) is 29.6 Å². The second-order valence-corrected chi connectivity index (χ2v) is 4.48. The molecule has 0 saturated heterocycles. The lowest BCUT2D eigenvalue weighted by Gasteiger charge is -2.25. The molecule has 0 aromatic carbocycles. The molecule has 2 atom stereocenters. The molecule has 0 fully saturated rings. The summed E-state index contributed by atoms with van der Waals surface area (Å²) in [6.07, 6.45) is 1.71. The summed E-state index contributed by atoms with van der Waals surface area (Å²) >= 11 is 0. The van der Waals surface area contributed by atoms with Gasteiger partial charge in [-0.25, -0.2) is 0 Å². The summed E-state index contributed by atoms with van der Waals surface area (Å²) in [5, 5.41) is 0. The Labute approximate surface area is 80.4 Å². The van der Waals surface area contributed by atoms with Gasteiger partial charge in [0, 0.05) is 11.8 Å². The van der Waals surface area contributed by atoms with Gasteiger partial charge < -0.3 is 4.74 Å². The number of pyridine rings is 1. The lowest BCUT2D eigenvalue weighted by atomic mass is 9.87. The van der Waals surface area contributed by atoms with Crippen LogP contribution in [0.15, 0.2) is 18.3 Å². The van der Waals surface area contributed by atoms with E-state index in [9.17, 15) is 0 Å². The molecule has 0 radical (unpaired) electrons. The Morgan fingerprint density at radius 1 is 1.62 bits per heavy atom. The SMILES string of the molecule is [2H]C1OC(C(C)(C)C)c2ncccc21. The molecule has 2 heterocycles. The molecule has 2 unspecified atom stereocenters. The molecule has 2 rings (SSSR count). The predicted octanol–water partition coefficient (Wildman–Crippen LogP) is 2.70. The molecule has 13 heavy (non-hydrogen) atoms. The van der Waals surface area contributed by atoms with Crippen LogP contribution < -0.4 is 0 Å². The van der Waals surface area contributed by atoms with E-state index in [0.717, 1.165) is 11.3 Å². The number of aromatic nitrogens is 1. The predicted molar refractivity (Wildman–Crippen MR) is 51.2 cm³/mol. The van der Waals surface area contributed by atoms with Gasteiger partial charge in [-0.1, -0.05) is 26.8 Å². The average molecular weight is 178 g/mol. The fourth-order valence-corrected chi connectivity index (χ4v) is 1.57. The van der Waals surface area contributed by atoms with Crippen LogP contribution >= 0.6 is 0 Å². The molecule has 0 aliphatic carbocycles. The topological polar surface area (TPSA) is 22.1 Å². The molecule has 70 valence electrons. The third kappa shape index (κ3) is 1.46. The van der Waals surface area contributed by atoms with E-state index in [1.54, 1.807) is 6.20 Å². The second-order valence-electron chi connectivity index (χ2n) is 4.48. The number of rotatable bonds is 0. The first-order valence-corrected chi connectivity index (χ1v) is 4.52. The number of hydrogen-bond donors (Lipinski definition) is 0. The zero-order chi connectivity index (χ0) is 10.3. The van der Waals surface area contributed by atoms with Crippen molar-refractivity contribution >= 4 is 0 Å². The molecule has 0 amide bonds. The highest BCUT2D eigenvalue weighted by molar-refractivity contribution is 5.25. The maximum absolute atomic E-state index is 7.76. The third-order valence-electron chi connectivity index (χ3n) is 2.24. The van der Waals surface area contributed by atoms with Gasteiger partial charge in [0.2, 0.25) is 0 Å². The van der Waals surface area contributed by atoms with Gasteiger partial charge in [-0.3, -0.25) is 4.98 Å². The molecule has 0 bridgehead atoms. The second kappa shape index (κ2) is 2.81. The fourth-order valence-electron chi connectivity index (χ4n) is 1.57. The Morgan fingerprint density at radius 2 is 2.38 bits per heavy atom. The Hall–Kier alpha value is -0.890. The third-order valence-corrected chi connectivity index (χ3v) is 2.24. The van der Waals surface area contributed by atoms with E-state index >= 15 is 0 Å². The maximum atomic E-state index is 7.76. The van der Waals surface area contributed by atoms with Gasteiger partial charge in [0.25, 0.3) is 0 Å². The first-order valence-electron chi connectivity index (χ1n) is 5.10. The van der Waals surface area contributed by atoms with Crippen LogP contribution in [0.1, 0.15) is 39.5 Å². The summed E-state index contributed by atoms with van der Waals surface area (Å²) in [6, 6.07) is 3.78. The lowest BCUT2D eigenvalue weighted by molar-refractivity contribution is -0.00977. The van der Waals surface area contributed by atoms with Crippen molar-refractivity contribution in [1.29, 1.82) is 0 Å². The van der Waals surface area contributed by atoms with Crippen LogP contribution in [-0.2, 0) is 11.3 Å². The summed E-state index contributed by atoms with van der Waals surface area (Å²) in [6.45, 7) is 5.75. The zero-order valence-corrected chi connectivity index (χ0v) is 8.24. The molecule has 0 saturated carbocycles. The molecule has 0 spiro atoms. The number of ether oxygens (including phenoxy) is 1. The molecule has 1 aromatic heterocycles. The number of fused-ring (bicyclic) bond motifs is 1. The normalized spacial score (nSPS) is 28.4. The fraction of sp³-hybridized carbons (Fsp3) is 0.545. The Morgan fingerprint density at radius 3 is 3.08 bits per heavy atom. The van der Waals surface area contributed by atoms with Crippen LogP contribution in [-0.4, -0.2) is 4.98 Å². The number of hydrogen-bond acceptors (Lipinski definition) is 2. The van der Waals surface area contributed by atoms with E-state index in [4.69, 9.17) is 6.11 Å². The standard InChI is InChI=1S/C11H15NO/c1-11(2,3)10-9-8(7-13-10)5-4-6-12-9/h4-6,10H,7H2,1-3H3/i7D. The molecule has 0 N–H and O–H groups in total. The highest BCUT2D eigenvalue weighted by atomic mass is 16.5. The van der Waals surface area contributed by atoms with Crippen molar-refractivity contribution in [3.63, 3.8) is 0 Å². The van der Waals surface area contributed by atoms with Crippen molar-refractivity contribution in [2.24, 2.45) is 5.41 Å². The van der Waals surface area contributed by atoms with Crippen LogP contribution in [0.4, 0.5) is 0 Å². The highest BCUT2D eigenvalue weighted by Crippen LogP contribution is 2.41. The minimum atomic E-state index is -0.567. The lowest BCUT2D eigenvalue weighted by Crippen LogP contribution is -2.18. The molecule has 1 aromatic rings. The maximum Gasteiger partial charge on any atom is 0.105 e. The van der Waals surface area contributed by atoms with Crippen molar-refractivity contribution in [2.45, 2.75) is 33.5 Å². The zero-order valence-electron chi connectivity index (χ0n) is 9.24. The summed E-state index contributed by atoms with van der Waals surface area (Å²) < 4.78 is 13.4. The molecular formula is C11H15NO. The van der Waals surface area contributed by atoms with Gasteiger partial charge in [-0.2, -0.15) is 0 Å². The van der Waals surface area contributed by atoms with E-state index in [1.165, 1.54) is 0 Å². The summed E-state index contributed by atoms with van der Waals surface area (Å²) in [4.78, 5) is 4.31. The van der Waals surface area contributed by atoms with Crippen LogP contribution in [0.25, 0.3) is 0 Å². The smallest absolute Gasteiger partial charge is 0.105 e. The van der Waals surface area contributed by atoms with Crippen LogP contribution in [0.3, 0.4) is 0 Å². The van der Waals surface area contributed by atoms with Crippen molar-refractivity contribution < 1.29 is 6.11 Å². The largest absolute Gasteiger partial charge is 0.367 e. The summed E-state index contributed by atoms with van der Waals surface area (Å²) in [7, 11) is 0. The summed E-state index contributed by atoms with van der Waals surface area (Å²) in [5.74, 6) is 0. The molecule has 2 heteroatoms. The quantitative estimate of drug-likeness (QED) is 0.609. The van der Waals surface area contributed by atoms with Gasteiger partial charge >= 0.3 is 0 Å².